The summed E-state index contributed by atoms with van der Waals surface area (Å²) in [5.74, 6) is 0.779. The monoisotopic (exact) mass is 724 g/mol. The summed E-state index contributed by atoms with van der Waals surface area (Å²) >= 11 is 7.12. The zero-order valence-electron chi connectivity index (χ0n) is 29.3. The minimum atomic E-state index is -0.424. The molecule has 0 bridgehead atoms. The van der Waals surface area contributed by atoms with E-state index in [1.165, 1.54) is 0 Å². The Hall–Kier alpha value is -4.58. The van der Waals surface area contributed by atoms with Gasteiger partial charge in [0.05, 0.1) is 30.6 Å². The number of halogens is 2. The van der Waals surface area contributed by atoms with Crippen LogP contribution in [0.5, 0.6) is 11.8 Å². The van der Waals surface area contributed by atoms with Gasteiger partial charge in [0.25, 0.3) is 0 Å². The van der Waals surface area contributed by atoms with E-state index in [-0.39, 0.29) is 36.0 Å². The van der Waals surface area contributed by atoms with Crippen molar-refractivity contribution >= 4 is 23.4 Å². The lowest BCUT2D eigenvalue weighted by Gasteiger charge is -2.20. The molecule has 4 N–H and O–H groups in total. The second-order valence-corrected chi connectivity index (χ2v) is 14.5. The van der Waals surface area contributed by atoms with E-state index in [0.717, 1.165) is 60.8 Å². The first-order valence-electron chi connectivity index (χ1n) is 18.1. The quantitative estimate of drug-likeness (QED) is 0.149. The normalized spacial score (nSPS) is 21.9. The lowest BCUT2D eigenvalue weighted by atomic mass is 9.96. The smallest absolute Gasteiger partial charge is 0.220 e. The van der Waals surface area contributed by atoms with Gasteiger partial charge < -0.3 is 30.7 Å². The van der Waals surface area contributed by atoms with Gasteiger partial charge in [-0.05, 0) is 67.9 Å². The van der Waals surface area contributed by atoms with Crippen LogP contribution in [-0.4, -0.2) is 61.2 Å². The van der Waals surface area contributed by atoms with E-state index in [1.54, 1.807) is 26.4 Å². The average molecular weight is 725 g/mol. The molecule has 8 rings (SSSR count). The van der Waals surface area contributed by atoms with Crippen molar-refractivity contribution in [3.8, 4) is 45.4 Å². The average Bonchev–Trinajstić information content (AvgIpc) is 3.96. The number of hydrogen-bond acceptors (Lipinski definition) is 8. The van der Waals surface area contributed by atoms with E-state index in [4.69, 9.17) is 31.0 Å². The van der Waals surface area contributed by atoms with Gasteiger partial charge in [0, 0.05) is 83.5 Å². The van der Waals surface area contributed by atoms with E-state index in [9.17, 15) is 9.59 Å². The number of benzene rings is 2. The number of nitrogens with one attached hydrogen (secondary N) is 4. The van der Waals surface area contributed by atoms with Crippen molar-refractivity contribution in [2.45, 2.75) is 75.5 Å². The topological polar surface area (TPSA) is 126 Å². The third-order valence-corrected chi connectivity index (χ3v) is 11.3. The van der Waals surface area contributed by atoms with Crippen LogP contribution in [0.2, 0.25) is 5.02 Å². The summed E-state index contributed by atoms with van der Waals surface area (Å²) in [7, 11) is 3.21. The van der Waals surface area contributed by atoms with Gasteiger partial charge in [0.1, 0.15) is 5.82 Å². The van der Waals surface area contributed by atoms with Crippen molar-refractivity contribution in [2.24, 2.45) is 0 Å². The van der Waals surface area contributed by atoms with Gasteiger partial charge in [0.15, 0.2) is 0 Å². The number of pyridine rings is 2. The summed E-state index contributed by atoms with van der Waals surface area (Å²) < 4.78 is 28.2. The number of fused-ring (bicyclic) bond motifs is 2. The van der Waals surface area contributed by atoms with E-state index in [1.807, 2.05) is 30.3 Å². The number of hydrogen-bond donors (Lipinski definition) is 4. The molecular formula is C40H42ClFN6O4. The number of amides is 2. The summed E-state index contributed by atoms with van der Waals surface area (Å²) in [6, 6.07) is 15.2. The van der Waals surface area contributed by atoms with Gasteiger partial charge >= 0.3 is 0 Å². The molecule has 2 fully saturated rings. The Labute approximate surface area is 307 Å². The Morgan fingerprint density at radius 3 is 1.69 bits per heavy atom. The largest absolute Gasteiger partial charge is 0.481 e. The van der Waals surface area contributed by atoms with E-state index in [2.05, 4.69) is 27.3 Å². The van der Waals surface area contributed by atoms with Gasteiger partial charge in [-0.1, -0.05) is 41.9 Å². The molecule has 0 radical (unpaired) electrons. The van der Waals surface area contributed by atoms with E-state index < -0.39 is 5.82 Å². The zero-order valence-corrected chi connectivity index (χ0v) is 30.0. The van der Waals surface area contributed by atoms with Crippen molar-refractivity contribution in [3.63, 3.8) is 0 Å². The maximum atomic E-state index is 16.6. The minimum absolute atomic E-state index is 0.0384. The predicted octanol–water partition coefficient (Wildman–Crippen LogP) is 6.00. The number of rotatable bonds is 11. The highest BCUT2D eigenvalue weighted by atomic mass is 35.5. The maximum absolute atomic E-state index is 16.6. The molecule has 2 saturated heterocycles. The molecular weight excluding hydrogens is 683 g/mol. The van der Waals surface area contributed by atoms with Crippen LogP contribution in [-0.2, 0) is 22.4 Å². The summed E-state index contributed by atoms with van der Waals surface area (Å²) in [6.45, 7) is 1.36. The molecule has 2 aromatic heterocycles. The Kier molecular flexibility index (Phi) is 9.58. The standard InChI is InChI=1S/C40H42ClFN6O4/c1-51-39-35-21(9-13-29(35)43-19-23-11-15-33(49)45-23)17-31(47-39)27-7-3-5-25(37(27)41)26-6-4-8-28(38(26)42)32-18-22-10-14-30(36(22)40(48-32)52-2)44-20-24-12-16-34(50)46-24/h3-8,17-18,23-24,29-30,43-44H,9-16,19-20H2,1-2H3,(H,45,49)(H,46,50)/t23-,24-,29-,30-/m0/s1. The van der Waals surface area contributed by atoms with Crippen LogP contribution in [0.15, 0.2) is 48.5 Å². The van der Waals surface area contributed by atoms with Crippen LogP contribution in [0.25, 0.3) is 33.6 Å². The molecule has 0 unspecified atom stereocenters. The van der Waals surface area contributed by atoms with Gasteiger partial charge in [-0.2, -0.15) is 0 Å². The third kappa shape index (κ3) is 6.50. The van der Waals surface area contributed by atoms with Crippen molar-refractivity contribution in [2.75, 3.05) is 27.3 Å². The van der Waals surface area contributed by atoms with Gasteiger partial charge in [-0.15, -0.1) is 0 Å². The zero-order chi connectivity index (χ0) is 35.9. The van der Waals surface area contributed by atoms with Crippen LogP contribution in [0.4, 0.5) is 4.39 Å². The summed E-state index contributed by atoms with van der Waals surface area (Å²) in [6.07, 6.45) is 6.18. The highest BCUT2D eigenvalue weighted by Crippen LogP contribution is 2.44. The first kappa shape index (κ1) is 34.5. The molecule has 52 heavy (non-hydrogen) atoms. The molecule has 0 spiro atoms. The van der Waals surface area contributed by atoms with Crippen molar-refractivity contribution < 1.29 is 23.5 Å². The predicted molar refractivity (Wildman–Crippen MR) is 197 cm³/mol. The molecule has 2 amide bonds. The molecule has 4 aliphatic rings. The molecule has 10 nitrogen and oxygen atoms in total. The summed E-state index contributed by atoms with van der Waals surface area (Å²) in [5.41, 5.74) is 7.33. The fourth-order valence-electron chi connectivity index (χ4n) is 8.31. The number of nitrogens with zero attached hydrogens (tertiary/aromatic N) is 2. The summed E-state index contributed by atoms with van der Waals surface area (Å²) in [4.78, 5) is 33.0. The van der Waals surface area contributed by atoms with Gasteiger partial charge in [0.2, 0.25) is 23.6 Å². The van der Waals surface area contributed by atoms with Crippen LogP contribution in [0, 0.1) is 5.82 Å². The van der Waals surface area contributed by atoms with Gasteiger partial charge in [-0.25, -0.2) is 14.4 Å². The number of aryl methyl sites for hydroxylation is 2. The van der Waals surface area contributed by atoms with Crippen molar-refractivity contribution in [1.29, 1.82) is 0 Å². The fourth-order valence-corrected chi connectivity index (χ4v) is 8.64. The van der Waals surface area contributed by atoms with Crippen LogP contribution in [0.1, 0.15) is 72.9 Å². The Bertz CT molecular complexity index is 1910. The highest BCUT2D eigenvalue weighted by Gasteiger charge is 2.32. The van der Waals surface area contributed by atoms with E-state index in [0.29, 0.717) is 76.4 Å². The fraction of sp³-hybridized carbons (Fsp3) is 0.400. The maximum Gasteiger partial charge on any atom is 0.220 e. The molecule has 2 aromatic carbocycles. The number of ether oxygens (including phenoxy) is 2. The van der Waals surface area contributed by atoms with E-state index >= 15 is 4.39 Å². The lowest BCUT2D eigenvalue weighted by Crippen LogP contribution is -2.37. The molecule has 4 heterocycles. The molecule has 2 aliphatic carbocycles. The molecule has 0 saturated carbocycles. The molecule has 12 heteroatoms. The number of aromatic nitrogens is 2. The minimum Gasteiger partial charge on any atom is -0.481 e. The number of carbonyl (C=O) groups is 2. The second-order valence-electron chi connectivity index (χ2n) is 14.1. The Balaban J connectivity index is 1.07. The van der Waals surface area contributed by atoms with Crippen molar-refractivity contribution in [3.05, 3.63) is 81.6 Å². The van der Waals surface area contributed by atoms with Crippen molar-refractivity contribution in [1.82, 2.24) is 31.2 Å². The molecule has 270 valence electrons. The lowest BCUT2D eigenvalue weighted by molar-refractivity contribution is -0.120. The second kappa shape index (κ2) is 14.4. The first-order chi connectivity index (χ1) is 25.3. The van der Waals surface area contributed by atoms with Crippen LogP contribution in [0.3, 0.4) is 0 Å². The summed E-state index contributed by atoms with van der Waals surface area (Å²) in [5, 5.41) is 13.6. The first-order valence-corrected chi connectivity index (χ1v) is 18.5. The molecule has 2 aliphatic heterocycles. The van der Waals surface area contributed by atoms with Crippen LogP contribution < -0.4 is 30.7 Å². The van der Waals surface area contributed by atoms with Gasteiger partial charge in [-0.3, -0.25) is 9.59 Å². The Morgan fingerprint density at radius 1 is 0.712 bits per heavy atom. The SMILES string of the molecule is COc1nc(-c2cccc(-c3cccc(-c4cc5c(c(OC)n4)[C@@H](NC[C@@H]4CCC(=O)N4)CC5)c3Cl)c2F)cc2c1[C@@H](NC[C@@H]1CCC(=O)N1)CC2. The highest BCUT2D eigenvalue weighted by molar-refractivity contribution is 6.36. The number of methoxy groups -OCH3 is 2. The van der Waals surface area contributed by atoms with Crippen LogP contribution >= 0.6 is 11.6 Å². The third-order valence-electron chi connectivity index (χ3n) is 10.9. The molecule has 4 atom stereocenters. The molecule has 4 aromatic rings. The Morgan fingerprint density at radius 2 is 1.19 bits per heavy atom. The number of carbonyl (C=O) groups excluding carboxylic acids is 2.